The van der Waals surface area contributed by atoms with Crippen molar-refractivity contribution in [2.45, 2.75) is 19.9 Å². The average Bonchev–Trinajstić information content (AvgIpc) is 2.61. The normalized spacial score (nSPS) is 11.8. The number of carbonyl (C=O) groups is 2. The number of hydrogen-bond acceptors (Lipinski definition) is 3. The van der Waals surface area contributed by atoms with Crippen LogP contribution in [0, 0.1) is 11.7 Å². The fourth-order valence-electron chi connectivity index (χ4n) is 2.30. The van der Waals surface area contributed by atoms with Gasteiger partial charge in [-0.2, -0.15) is 0 Å². The van der Waals surface area contributed by atoms with E-state index in [1.807, 2.05) is 13.8 Å². The van der Waals surface area contributed by atoms with Crippen molar-refractivity contribution < 1.29 is 18.7 Å². The van der Waals surface area contributed by atoms with Crippen LogP contribution < -0.4 is 15.4 Å². The van der Waals surface area contributed by atoms with E-state index in [0.717, 1.165) is 6.07 Å². The van der Waals surface area contributed by atoms with E-state index in [0.29, 0.717) is 11.3 Å². The molecule has 1 atom stereocenters. The largest absolute Gasteiger partial charge is 0.497 e. The summed E-state index contributed by atoms with van der Waals surface area (Å²) in [7, 11) is 1.54. The van der Waals surface area contributed by atoms with Gasteiger partial charge in [-0.25, -0.2) is 4.39 Å². The molecule has 5 nitrogen and oxygen atoms in total. The molecule has 0 spiro atoms. The lowest BCUT2D eigenvalue weighted by atomic mass is 10.0. The van der Waals surface area contributed by atoms with E-state index in [1.54, 1.807) is 24.3 Å². The summed E-state index contributed by atoms with van der Waals surface area (Å²) in [6, 6.07) is 9.44. The third-order valence-electron chi connectivity index (χ3n) is 3.78. The molecule has 0 saturated heterocycles. The van der Waals surface area contributed by atoms with Crippen molar-refractivity contribution in [3.63, 3.8) is 0 Å². The van der Waals surface area contributed by atoms with Crippen LogP contribution in [0.25, 0.3) is 0 Å². The average molecular weight is 379 g/mol. The fraction of sp³-hybridized carbons (Fsp3) is 0.263. The topological polar surface area (TPSA) is 67.4 Å². The second kappa shape index (κ2) is 8.67. The van der Waals surface area contributed by atoms with E-state index >= 15 is 0 Å². The first-order valence-electron chi connectivity index (χ1n) is 8.02. The van der Waals surface area contributed by atoms with Crippen LogP contribution in [0.15, 0.2) is 42.5 Å². The highest BCUT2D eigenvalue weighted by molar-refractivity contribution is 6.33. The highest BCUT2D eigenvalue weighted by atomic mass is 35.5. The van der Waals surface area contributed by atoms with Crippen LogP contribution in [0.1, 0.15) is 24.2 Å². The van der Waals surface area contributed by atoms with Gasteiger partial charge in [-0.1, -0.05) is 25.4 Å². The van der Waals surface area contributed by atoms with Crippen molar-refractivity contribution in [1.82, 2.24) is 5.32 Å². The zero-order chi connectivity index (χ0) is 19.3. The van der Waals surface area contributed by atoms with E-state index in [4.69, 9.17) is 16.3 Å². The summed E-state index contributed by atoms with van der Waals surface area (Å²) in [4.78, 5) is 25.0. The second-order valence-electron chi connectivity index (χ2n) is 6.04. The van der Waals surface area contributed by atoms with E-state index < -0.39 is 17.8 Å². The number of carbonyl (C=O) groups excluding carboxylic acids is 2. The van der Waals surface area contributed by atoms with Crippen LogP contribution >= 0.6 is 11.6 Å². The Morgan fingerprint density at radius 3 is 2.31 bits per heavy atom. The van der Waals surface area contributed by atoms with Gasteiger partial charge in [0.05, 0.1) is 17.8 Å². The highest BCUT2D eigenvalue weighted by Gasteiger charge is 2.25. The van der Waals surface area contributed by atoms with Crippen LogP contribution in [-0.4, -0.2) is 25.0 Å². The lowest BCUT2D eigenvalue weighted by molar-refractivity contribution is -0.118. The Bertz CT molecular complexity index is 794. The highest BCUT2D eigenvalue weighted by Crippen LogP contribution is 2.23. The lowest BCUT2D eigenvalue weighted by Gasteiger charge is -2.22. The third-order valence-corrected chi connectivity index (χ3v) is 4.09. The molecule has 0 saturated carbocycles. The molecule has 0 aliphatic heterocycles. The Morgan fingerprint density at radius 1 is 1.12 bits per heavy atom. The Hall–Kier alpha value is -2.60. The van der Waals surface area contributed by atoms with Crippen LogP contribution in [0.4, 0.5) is 10.1 Å². The first-order chi connectivity index (χ1) is 12.3. The monoisotopic (exact) mass is 378 g/mol. The van der Waals surface area contributed by atoms with Gasteiger partial charge < -0.3 is 15.4 Å². The molecular weight excluding hydrogens is 359 g/mol. The third kappa shape index (κ3) is 4.95. The summed E-state index contributed by atoms with van der Waals surface area (Å²) >= 11 is 5.93. The van der Waals surface area contributed by atoms with Gasteiger partial charge in [0, 0.05) is 5.56 Å². The summed E-state index contributed by atoms with van der Waals surface area (Å²) < 4.78 is 18.2. The maximum absolute atomic E-state index is 13.1. The molecule has 2 rings (SSSR count). The number of nitrogens with one attached hydrogen (secondary N) is 2. The first kappa shape index (κ1) is 19.7. The quantitative estimate of drug-likeness (QED) is 0.801. The molecule has 0 fully saturated rings. The maximum Gasteiger partial charge on any atom is 0.251 e. The summed E-state index contributed by atoms with van der Waals surface area (Å²) in [5, 5.41) is 5.42. The molecule has 1 unspecified atom stereocenters. The maximum atomic E-state index is 13.1. The van der Waals surface area contributed by atoms with Gasteiger partial charge in [0.2, 0.25) is 5.91 Å². The van der Waals surface area contributed by atoms with Crippen molar-refractivity contribution in [3.8, 4) is 5.75 Å². The smallest absolute Gasteiger partial charge is 0.251 e. The zero-order valence-electron chi connectivity index (χ0n) is 14.7. The van der Waals surface area contributed by atoms with Crippen molar-refractivity contribution in [2.24, 2.45) is 5.92 Å². The number of halogens is 2. The van der Waals surface area contributed by atoms with E-state index in [-0.39, 0.29) is 22.5 Å². The number of ether oxygens (including phenoxy) is 1. The molecule has 2 aromatic carbocycles. The molecule has 2 N–H and O–H groups in total. The molecule has 2 amide bonds. The number of hydrogen-bond donors (Lipinski definition) is 2. The van der Waals surface area contributed by atoms with Gasteiger partial charge in [-0.3, -0.25) is 9.59 Å². The van der Waals surface area contributed by atoms with Gasteiger partial charge in [0.1, 0.15) is 17.6 Å². The SMILES string of the molecule is COc1ccc(C(=O)NC(C(=O)Nc2ccc(F)cc2Cl)C(C)C)cc1. The van der Waals surface area contributed by atoms with Gasteiger partial charge in [0.25, 0.3) is 5.91 Å². The van der Waals surface area contributed by atoms with Gasteiger partial charge in [0.15, 0.2) is 0 Å². The molecule has 0 radical (unpaired) electrons. The molecular formula is C19H20ClFN2O3. The zero-order valence-corrected chi connectivity index (χ0v) is 15.4. The fourth-order valence-corrected chi connectivity index (χ4v) is 2.52. The van der Waals surface area contributed by atoms with Crippen molar-refractivity contribution in [2.75, 3.05) is 12.4 Å². The summed E-state index contributed by atoms with van der Waals surface area (Å²) in [6.07, 6.45) is 0. The summed E-state index contributed by atoms with van der Waals surface area (Å²) in [5.74, 6) is -0.856. The summed E-state index contributed by atoms with van der Waals surface area (Å²) in [6.45, 7) is 3.62. The molecule has 7 heteroatoms. The number of amides is 2. The van der Waals surface area contributed by atoms with E-state index in [9.17, 15) is 14.0 Å². The molecule has 2 aromatic rings. The molecule has 0 aromatic heterocycles. The molecule has 0 aliphatic carbocycles. The minimum Gasteiger partial charge on any atom is -0.497 e. The Balaban J connectivity index is 2.11. The number of rotatable bonds is 6. The molecule has 26 heavy (non-hydrogen) atoms. The van der Waals surface area contributed by atoms with Crippen LogP contribution in [-0.2, 0) is 4.79 Å². The van der Waals surface area contributed by atoms with Crippen molar-refractivity contribution >= 4 is 29.1 Å². The van der Waals surface area contributed by atoms with Gasteiger partial charge in [-0.05, 0) is 48.4 Å². The lowest BCUT2D eigenvalue weighted by Crippen LogP contribution is -2.47. The van der Waals surface area contributed by atoms with Crippen molar-refractivity contribution in [3.05, 3.63) is 58.9 Å². The Labute approximate surface area is 156 Å². The summed E-state index contributed by atoms with van der Waals surface area (Å²) in [5.41, 5.74) is 0.687. The molecule has 0 aliphatic rings. The standard InChI is InChI=1S/C19H20ClFN2O3/c1-11(2)17(19(25)22-16-9-6-13(21)10-15(16)20)23-18(24)12-4-7-14(26-3)8-5-12/h4-11,17H,1-3H3,(H,22,25)(H,23,24). The first-order valence-corrected chi connectivity index (χ1v) is 8.40. The minimum absolute atomic E-state index is 0.0855. The van der Waals surface area contributed by atoms with Crippen LogP contribution in [0.3, 0.4) is 0 Å². The number of methoxy groups -OCH3 is 1. The number of anilines is 1. The predicted octanol–water partition coefficient (Wildman–Crippen LogP) is 3.88. The number of benzene rings is 2. The van der Waals surface area contributed by atoms with Crippen LogP contribution in [0.5, 0.6) is 5.75 Å². The molecule has 138 valence electrons. The Morgan fingerprint density at radius 2 is 1.77 bits per heavy atom. The Kier molecular flexibility index (Phi) is 6.58. The van der Waals surface area contributed by atoms with E-state index in [1.165, 1.54) is 19.2 Å². The van der Waals surface area contributed by atoms with Crippen molar-refractivity contribution in [1.29, 1.82) is 0 Å². The van der Waals surface area contributed by atoms with E-state index in [2.05, 4.69) is 10.6 Å². The molecule has 0 bridgehead atoms. The van der Waals surface area contributed by atoms with Crippen LogP contribution in [0.2, 0.25) is 5.02 Å². The van der Waals surface area contributed by atoms with Gasteiger partial charge >= 0.3 is 0 Å². The predicted molar refractivity (Wildman–Crippen MR) is 99.1 cm³/mol. The van der Waals surface area contributed by atoms with Gasteiger partial charge in [-0.15, -0.1) is 0 Å². The molecule has 0 heterocycles. The minimum atomic E-state index is -0.786. The second-order valence-corrected chi connectivity index (χ2v) is 6.44.